The van der Waals surface area contributed by atoms with Gasteiger partial charge in [-0.1, -0.05) is 52.0 Å². The molecule has 1 unspecified atom stereocenters. The van der Waals surface area contributed by atoms with E-state index < -0.39 is 0 Å². The molecule has 1 aromatic heterocycles. The average molecular weight is 574 g/mol. The number of likely N-dealkylation sites (N-methyl/N-ethyl adjacent to an activating group) is 1. The molecular formula is C36H53N4O2+. The summed E-state index contributed by atoms with van der Waals surface area (Å²) in [6.45, 7) is 9.65. The summed E-state index contributed by atoms with van der Waals surface area (Å²) in [7, 11) is 8.32. The molecule has 3 heterocycles. The van der Waals surface area contributed by atoms with Crippen molar-refractivity contribution in [3.8, 4) is 0 Å². The normalized spacial score (nSPS) is 20.4. The molecule has 2 aliphatic heterocycles. The maximum atomic E-state index is 13.2. The second-order valence-corrected chi connectivity index (χ2v) is 13.1. The molecule has 6 nitrogen and oxygen atoms in total. The Morgan fingerprint density at radius 2 is 1.83 bits per heavy atom. The number of hydrogen-bond acceptors (Lipinski definition) is 5. The molecule has 2 aromatic rings. The Labute approximate surface area is 254 Å². The van der Waals surface area contributed by atoms with E-state index in [1.54, 1.807) is 7.11 Å². The summed E-state index contributed by atoms with van der Waals surface area (Å²) in [5, 5.41) is 3.52. The predicted octanol–water partition coefficient (Wildman–Crippen LogP) is 8.45. The van der Waals surface area contributed by atoms with Gasteiger partial charge in [0.2, 0.25) is 0 Å². The number of carbonyl (C=O) groups is 1. The van der Waals surface area contributed by atoms with E-state index in [0.717, 1.165) is 70.1 Å². The first kappa shape index (κ1) is 31.8. The van der Waals surface area contributed by atoms with E-state index >= 15 is 0 Å². The summed E-state index contributed by atoms with van der Waals surface area (Å²) in [5.41, 5.74) is 7.28. The standard InChI is InChI=1S/C31H43N4O2.C5H10/c1-20(2)23-13-14-25-27(19-23)34(5)30(33-25)12-10-9-11-28(36)24-17-21(3)32-26(18-24)31-22(4)35(6,7)16-15-29(31)37-8;1-2-4-5-3-1/h12-14,17-20,22,33H,9-11,15-16H2,1-8H3;1-5H2/q+1;/b30-12-;. The van der Waals surface area contributed by atoms with Gasteiger partial charge in [-0.15, -0.1) is 0 Å². The molecule has 0 amide bonds. The van der Waals surface area contributed by atoms with Crippen LogP contribution in [0.15, 0.2) is 48.0 Å². The zero-order valence-electron chi connectivity index (χ0n) is 27.3. The minimum atomic E-state index is 0.166. The fourth-order valence-corrected chi connectivity index (χ4v) is 6.20. The second-order valence-electron chi connectivity index (χ2n) is 13.1. The molecule has 0 bridgehead atoms. The van der Waals surface area contributed by atoms with Crippen LogP contribution in [0.5, 0.6) is 0 Å². The molecule has 0 saturated heterocycles. The van der Waals surface area contributed by atoms with Crippen LogP contribution in [0.1, 0.15) is 112 Å². The first-order valence-electron chi connectivity index (χ1n) is 16.0. The Morgan fingerprint density at radius 1 is 1.14 bits per heavy atom. The summed E-state index contributed by atoms with van der Waals surface area (Å²) < 4.78 is 6.64. The Balaban J connectivity index is 0.000000732. The number of aryl methyl sites for hydroxylation is 1. The summed E-state index contributed by atoms with van der Waals surface area (Å²) >= 11 is 0. The number of nitrogens with zero attached hydrogens (tertiary/aromatic N) is 3. The number of ketones is 1. The highest BCUT2D eigenvalue weighted by Gasteiger charge is 2.36. The summed E-state index contributed by atoms with van der Waals surface area (Å²) in [4.78, 5) is 20.2. The van der Waals surface area contributed by atoms with Crippen molar-refractivity contribution in [3.63, 3.8) is 0 Å². The number of allylic oxidation sites excluding steroid dienone is 1. The van der Waals surface area contributed by atoms with Gasteiger partial charge in [-0.2, -0.15) is 0 Å². The number of fused-ring (bicyclic) bond motifs is 1. The van der Waals surface area contributed by atoms with E-state index in [9.17, 15) is 4.79 Å². The fraction of sp³-hybridized carbons (Fsp3) is 0.556. The summed E-state index contributed by atoms with van der Waals surface area (Å²) in [6, 6.07) is 10.7. The zero-order chi connectivity index (χ0) is 30.4. The van der Waals surface area contributed by atoms with Crippen LogP contribution in [0.4, 0.5) is 11.4 Å². The monoisotopic (exact) mass is 573 g/mol. The van der Waals surface area contributed by atoms with Crippen LogP contribution in [0.3, 0.4) is 0 Å². The number of aromatic nitrogens is 1. The third-order valence-corrected chi connectivity index (χ3v) is 9.35. The van der Waals surface area contributed by atoms with Gasteiger partial charge in [0.25, 0.3) is 0 Å². The third kappa shape index (κ3) is 7.44. The minimum Gasteiger partial charge on any atom is -0.500 e. The number of benzene rings is 1. The Kier molecular flexibility index (Phi) is 10.5. The smallest absolute Gasteiger partial charge is 0.163 e. The van der Waals surface area contributed by atoms with Crippen LogP contribution in [-0.2, 0) is 4.74 Å². The number of quaternary nitrogens is 1. The maximum Gasteiger partial charge on any atom is 0.163 e. The van der Waals surface area contributed by atoms with E-state index in [2.05, 4.69) is 76.4 Å². The molecule has 1 aliphatic carbocycles. The molecule has 3 aliphatic rings. The van der Waals surface area contributed by atoms with Gasteiger partial charge in [-0.3, -0.25) is 9.78 Å². The van der Waals surface area contributed by atoms with E-state index in [1.807, 2.05) is 19.1 Å². The first-order valence-corrected chi connectivity index (χ1v) is 16.0. The molecule has 1 aromatic carbocycles. The number of ether oxygens (including phenoxy) is 1. The quantitative estimate of drug-likeness (QED) is 0.195. The number of pyridine rings is 1. The Morgan fingerprint density at radius 3 is 2.48 bits per heavy atom. The largest absolute Gasteiger partial charge is 0.500 e. The van der Waals surface area contributed by atoms with Crippen molar-refractivity contribution in [2.24, 2.45) is 0 Å². The molecular weight excluding hydrogens is 520 g/mol. The van der Waals surface area contributed by atoms with Gasteiger partial charge >= 0.3 is 0 Å². The van der Waals surface area contributed by atoms with E-state index in [-0.39, 0.29) is 11.8 Å². The number of methoxy groups -OCH3 is 1. The molecule has 0 radical (unpaired) electrons. The van der Waals surface area contributed by atoms with Crippen LogP contribution in [-0.4, -0.2) is 56.1 Å². The molecule has 1 saturated carbocycles. The van der Waals surface area contributed by atoms with Gasteiger partial charge < -0.3 is 19.4 Å². The second kappa shape index (κ2) is 13.9. The van der Waals surface area contributed by atoms with Crippen molar-refractivity contribution in [1.82, 2.24) is 4.98 Å². The first-order chi connectivity index (χ1) is 20.0. The van der Waals surface area contributed by atoms with Crippen LogP contribution in [0.2, 0.25) is 0 Å². The highest BCUT2D eigenvalue weighted by atomic mass is 16.5. The fourth-order valence-electron chi connectivity index (χ4n) is 6.20. The summed E-state index contributed by atoms with van der Waals surface area (Å²) in [5.74, 6) is 2.73. The number of carbonyl (C=O) groups excluding carboxylic acids is 1. The SMILES string of the molecule is C1CCCC1.COC1=C(c2cc(C(=O)CCC/C=C3/Nc4ccc(C(C)C)cc4N3C)cc(C)n2)C(C)[N+](C)(C)CC1. The molecule has 42 heavy (non-hydrogen) atoms. The average Bonchev–Trinajstić information content (AvgIpc) is 3.64. The summed E-state index contributed by atoms with van der Waals surface area (Å²) in [6.07, 6.45) is 12.7. The van der Waals surface area contributed by atoms with E-state index in [4.69, 9.17) is 9.72 Å². The van der Waals surface area contributed by atoms with Crippen LogP contribution < -0.4 is 10.2 Å². The lowest BCUT2D eigenvalue weighted by Crippen LogP contribution is -2.51. The number of rotatable bonds is 8. The minimum absolute atomic E-state index is 0.166. The highest BCUT2D eigenvalue weighted by Crippen LogP contribution is 2.38. The number of anilines is 2. The molecule has 1 atom stereocenters. The molecule has 1 fully saturated rings. The number of nitrogens with one attached hydrogen (secondary N) is 1. The van der Waals surface area contributed by atoms with Crippen molar-refractivity contribution >= 4 is 22.7 Å². The Bertz CT molecular complexity index is 1310. The molecule has 6 heteroatoms. The van der Waals surface area contributed by atoms with E-state index in [0.29, 0.717) is 12.3 Å². The highest BCUT2D eigenvalue weighted by molar-refractivity contribution is 5.97. The lowest BCUT2D eigenvalue weighted by molar-refractivity contribution is -0.906. The van der Waals surface area contributed by atoms with Gasteiger partial charge in [0.05, 0.1) is 56.8 Å². The van der Waals surface area contributed by atoms with Gasteiger partial charge in [0.1, 0.15) is 17.6 Å². The molecule has 5 rings (SSSR count). The van der Waals surface area contributed by atoms with Crippen molar-refractivity contribution in [3.05, 3.63) is 70.5 Å². The molecule has 228 valence electrons. The maximum absolute atomic E-state index is 13.2. The number of hydrogen-bond donors (Lipinski definition) is 1. The van der Waals surface area contributed by atoms with Gasteiger partial charge in [0, 0.05) is 24.7 Å². The van der Waals surface area contributed by atoms with Crippen molar-refractivity contribution in [1.29, 1.82) is 0 Å². The van der Waals surface area contributed by atoms with E-state index in [1.165, 1.54) is 43.4 Å². The van der Waals surface area contributed by atoms with Crippen molar-refractivity contribution in [2.75, 3.05) is 45.0 Å². The molecule has 0 spiro atoms. The van der Waals surface area contributed by atoms with Crippen LogP contribution >= 0.6 is 0 Å². The number of Topliss-reactive ketones (excluding diaryl/α,β-unsaturated/α-hetero) is 1. The molecule has 1 N–H and O–H groups in total. The zero-order valence-corrected chi connectivity index (χ0v) is 27.3. The lowest BCUT2D eigenvalue weighted by atomic mass is 9.92. The topological polar surface area (TPSA) is 54.5 Å². The van der Waals surface area contributed by atoms with Crippen molar-refractivity contribution in [2.45, 2.75) is 97.4 Å². The predicted molar refractivity (Wildman–Crippen MR) is 176 cm³/mol. The van der Waals surface area contributed by atoms with Crippen LogP contribution in [0.25, 0.3) is 5.57 Å². The van der Waals surface area contributed by atoms with Gasteiger partial charge in [0.15, 0.2) is 5.78 Å². The van der Waals surface area contributed by atoms with Crippen LogP contribution in [0, 0.1) is 6.92 Å². The van der Waals surface area contributed by atoms with Gasteiger partial charge in [-0.25, -0.2) is 0 Å². The third-order valence-electron chi connectivity index (χ3n) is 9.35. The lowest BCUT2D eigenvalue weighted by Gasteiger charge is -2.41. The number of unbranched alkanes of at least 4 members (excludes halogenated alkanes) is 1. The Hall–Kier alpha value is -3.12. The van der Waals surface area contributed by atoms with Gasteiger partial charge in [-0.05, 0) is 68.5 Å². The van der Waals surface area contributed by atoms with Crippen molar-refractivity contribution < 1.29 is 14.0 Å².